The van der Waals surface area contributed by atoms with Crippen LogP contribution in [0.5, 0.6) is 0 Å². The van der Waals surface area contributed by atoms with Crippen molar-refractivity contribution in [3.63, 3.8) is 0 Å². The number of amides is 1. The van der Waals surface area contributed by atoms with Crippen molar-refractivity contribution in [2.45, 2.75) is 26.3 Å². The van der Waals surface area contributed by atoms with Gasteiger partial charge in [0.25, 0.3) is 0 Å². The van der Waals surface area contributed by atoms with Crippen LogP contribution in [0.15, 0.2) is 48.0 Å². The van der Waals surface area contributed by atoms with Crippen molar-refractivity contribution in [1.82, 2.24) is 24.7 Å². The molecule has 7 nitrogen and oxygen atoms in total. The van der Waals surface area contributed by atoms with Gasteiger partial charge in [-0.3, -0.25) is 9.79 Å². The Kier molecular flexibility index (Phi) is 10.4. The smallest absolute Gasteiger partial charge is 0.227 e. The standard InChI is InChI=1S/C21H29ClN6O.HI/c1-2-24-21(25-7-4-9-26-10-8-23-17-26)28-13-11-27(12-14-28)20(29)16-18-5-3-6-19(22)15-18;/h3,5-6,8,10,15,17H,2,4,7,9,11-14,16H2,1H3,(H,24,25);1H. The third-order valence-corrected chi connectivity index (χ3v) is 5.14. The predicted octanol–water partition coefficient (Wildman–Crippen LogP) is 2.90. The third kappa shape index (κ3) is 7.46. The summed E-state index contributed by atoms with van der Waals surface area (Å²) >= 11 is 6.02. The molecule has 1 aromatic carbocycles. The van der Waals surface area contributed by atoms with Crippen LogP contribution in [0.4, 0.5) is 0 Å². The first-order chi connectivity index (χ1) is 14.2. The maximum absolute atomic E-state index is 12.6. The number of hydrogen-bond acceptors (Lipinski definition) is 3. The molecule has 1 saturated heterocycles. The second kappa shape index (κ2) is 12.8. The molecule has 3 rings (SSSR count). The summed E-state index contributed by atoms with van der Waals surface area (Å²) in [7, 11) is 0. The first-order valence-corrected chi connectivity index (χ1v) is 10.5. The maximum atomic E-state index is 12.6. The highest BCUT2D eigenvalue weighted by molar-refractivity contribution is 14.0. The summed E-state index contributed by atoms with van der Waals surface area (Å²) in [5.41, 5.74) is 0.956. The number of aryl methyl sites for hydroxylation is 1. The largest absolute Gasteiger partial charge is 0.357 e. The summed E-state index contributed by atoms with van der Waals surface area (Å²) in [6, 6.07) is 7.51. The van der Waals surface area contributed by atoms with E-state index < -0.39 is 0 Å². The molecule has 1 fully saturated rings. The van der Waals surface area contributed by atoms with Crippen molar-refractivity contribution in [3.05, 3.63) is 53.6 Å². The molecule has 1 aromatic heterocycles. The zero-order valence-corrected chi connectivity index (χ0v) is 20.4. The molecule has 1 amide bonds. The van der Waals surface area contributed by atoms with E-state index in [2.05, 4.69) is 26.7 Å². The van der Waals surface area contributed by atoms with Crippen LogP contribution in [0, 0.1) is 0 Å². The van der Waals surface area contributed by atoms with Crippen molar-refractivity contribution >= 4 is 47.4 Å². The Labute approximate surface area is 200 Å². The summed E-state index contributed by atoms with van der Waals surface area (Å²) in [5, 5.41) is 4.04. The van der Waals surface area contributed by atoms with E-state index in [0.29, 0.717) is 24.5 Å². The van der Waals surface area contributed by atoms with Crippen molar-refractivity contribution < 1.29 is 4.79 Å². The van der Waals surface area contributed by atoms with Crippen LogP contribution >= 0.6 is 35.6 Å². The summed E-state index contributed by atoms with van der Waals surface area (Å²) in [6.07, 6.45) is 6.94. The highest BCUT2D eigenvalue weighted by Crippen LogP contribution is 2.13. The van der Waals surface area contributed by atoms with E-state index in [-0.39, 0.29) is 29.9 Å². The normalized spacial score (nSPS) is 14.4. The number of halogens is 2. The predicted molar refractivity (Wildman–Crippen MR) is 132 cm³/mol. The minimum Gasteiger partial charge on any atom is -0.357 e. The summed E-state index contributed by atoms with van der Waals surface area (Å²) in [5.74, 6) is 1.08. The average molecular weight is 545 g/mol. The number of rotatable bonds is 7. The van der Waals surface area contributed by atoms with Crippen LogP contribution in [-0.2, 0) is 17.8 Å². The lowest BCUT2D eigenvalue weighted by molar-refractivity contribution is -0.131. The number of nitrogens with zero attached hydrogens (tertiary/aromatic N) is 5. The Bertz CT molecular complexity index is 806. The molecule has 0 atom stereocenters. The number of benzene rings is 1. The fourth-order valence-corrected chi connectivity index (χ4v) is 3.60. The van der Waals surface area contributed by atoms with Crippen LogP contribution in [0.2, 0.25) is 5.02 Å². The molecule has 9 heteroatoms. The van der Waals surface area contributed by atoms with Gasteiger partial charge in [-0.2, -0.15) is 0 Å². The van der Waals surface area contributed by atoms with Crippen LogP contribution in [0.25, 0.3) is 0 Å². The molecule has 164 valence electrons. The number of aromatic nitrogens is 2. The minimum atomic E-state index is 0. The Morgan fingerprint density at radius 3 is 2.67 bits per heavy atom. The number of guanidine groups is 1. The summed E-state index contributed by atoms with van der Waals surface area (Å²) in [6.45, 7) is 7.56. The van der Waals surface area contributed by atoms with Crippen LogP contribution in [0.1, 0.15) is 18.9 Å². The molecule has 0 spiro atoms. The van der Waals surface area contributed by atoms with E-state index in [0.717, 1.165) is 50.7 Å². The number of hydrogen-bond donors (Lipinski definition) is 1. The van der Waals surface area contributed by atoms with Gasteiger partial charge in [0.15, 0.2) is 5.96 Å². The molecule has 2 aromatic rings. The first kappa shape index (κ1) is 24.5. The topological polar surface area (TPSA) is 65.8 Å². The van der Waals surface area contributed by atoms with Gasteiger partial charge < -0.3 is 19.7 Å². The van der Waals surface area contributed by atoms with Crippen LogP contribution in [0.3, 0.4) is 0 Å². The van der Waals surface area contributed by atoms with E-state index in [1.54, 1.807) is 6.20 Å². The van der Waals surface area contributed by atoms with E-state index in [4.69, 9.17) is 16.6 Å². The average Bonchev–Trinajstić information content (AvgIpc) is 3.24. The molecule has 30 heavy (non-hydrogen) atoms. The number of nitrogens with one attached hydrogen (secondary N) is 1. The van der Waals surface area contributed by atoms with Gasteiger partial charge in [-0.1, -0.05) is 23.7 Å². The molecule has 0 saturated carbocycles. The SMILES string of the molecule is CCNC(=NCCCn1ccnc1)N1CCN(C(=O)Cc2cccc(Cl)c2)CC1.I. The molecule has 0 radical (unpaired) electrons. The third-order valence-electron chi connectivity index (χ3n) is 4.91. The van der Waals surface area contributed by atoms with E-state index in [9.17, 15) is 4.79 Å². The van der Waals surface area contributed by atoms with Crippen LogP contribution < -0.4 is 5.32 Å². The Hall–Kier alpha value is -1.81. The van der Waals surface area contributed by atoms with Crippen molar-refractivity contribution in [3.8, 4) is 0 Å². The fourth-order valence-electron chi connectivity index (χ4n) is 3.38. The second-order valence-electron chi connectivity index (χ2n) is 7.06. The summed E-state index contributed by atoms with van der Waals surface area (Å²) < 4.78 is 2.06. The van der Waals surface area contributed by atoms with Gasteiger partial charge in [-0.15, -0.1) is 24.0 Å². The summed E-state index contributed by atoms with van der Waals surface area (Å²) in [4.78, 5) is 25.6. The lowest BCUT2D eigenvalue weighted by Gasteiger charge is -2.36. The molecule has 0 bridgehead atoms. The fraction of sp³-hybridized carbons (Fsp3) is 0.476. The number of imidazole rings is 1. The molecule has 1 aliphatic heterocycles. The van der Waals surface area contributed by atoms with Gasteiger partial charge >= 0.3 is 0 Å². The van der Waals surface area contributed by atoms with Crippen molar-refractivity contribution in [2.75, 3.05) is 39.3 Å². The second-order valence-corrected chi connectivity index (χ2v) is 7.50. The number of carbonyl (C=O) groups excluding carboxylic acids is 1. The lowest BCUT2D eigenvalue weighted by Crippen LogP contribution is -2.54. The molecule has 1 N–H and O–H groups in total. The van der Waals surface area contributed by atoms with Gasteiger partial charge in [0.1, 0.15) is 0 Å². The molecule has 2 heterocycles. The molecular formula is C21H30ClIN6O. The van der Waals surface area contributed by atoms with Gasteiger partial charge in [-0.05, 0) is 31.0 Å². The highest BCUT2D eigenvalue weighted by atomic mass is 127. The van der Waals surface area contributed by atoms with E-state index >= 15 is 0 Å². The van der Waals surface area contributed by atoms with Gasteiger partial charge in [-0.25, -0.2) is 4.98 Å². The molecule has 1 aliphatic rings. The highest BCUT2D eigenvalue weighted by Gasteiger charge is 2.23. The lowest BCUT2D eigenvalue weighted by atomic mass is 10.1. The molecule has 0 unspecified atom stereocenters. The molecule has 0 aliphatic carbocycles. The van der Waals surface area contributed by atoms with E-state index in [1.165, 1.54) is 0 Å². The van der Waals surface area contributed by atoms with E-state index in [1.807, 2.05) is 41.7 Å². The number of aliphatic imine (C=N–C) groups is 1. The van der Waals surface area contributed by atoms with Crippen LogP contribution in [-0.4, -0.2) is 70.5 Å². The molecular weight excluding hydrogens is 515 g/mol. The van der Waals surface area contributed by atoms with Gasteiger partial charge in [0.05, 0.1) is 12.7 Å². The quantitative estimate of drug-likeness (QED) is 0.252. The zero-order chi connectivity index (χ0) is 20.5. The Morgan fingerprint density at radius 2 is 2.00 bits per heavy atom. The van der Waals surface area contributed by atoms with Crippen molar-refractivity contribution in [2.24, 2.45) is 4.99 Å². The maximum Gasteiger partial charge on any atom is 0.227 e. The zero-order valence-electron chi connectivity index (χ0n) is 17.3. The minimum absolute atomic E-state index is 0. The monoisotopic (exact) mass is 544 g/mol. The Morgan fingerprint density at radius 1 is 1.23 bits per heavy atom. The Balaban J connectivity index is 0.00000320. The first-order valence-electron chi connectivity index (χ1n) is 10.2. The number of carbonyl (C=O) groups is 1. The van der Waals surface area contributed by atoms with Gasteiger partial charge in [0, 0.05) is 63.2 Å². The number of piperazine rings is 1. The van der Waals surface area contributed by atoms with Gasteiger partial charge in [0.2, 0.25) is 5.91 Å². The van der Waals surface area contributed by atoms with Crippen molar-refractivity contribution in [1.29, 1.82) is 0 Å².